The number of halogens is 2. The van der Waals surface area contributed by atoms with Gasteiger partial charge in [0, 0.05) is 12.2 Å². The highest BCUT2D eigenvalue weighted by atomic mass is 35.5. The molecule has 1 rings (SSSR count). The second kappa shape index (κ2) is 11.0. The third-order valence-corrected chi connectivity index (χ3v) is 4.09. The second-order valence-corrected chi connectivity index (χ2v) is 6.74. The van der Waals surface area contributed by atoms with E-state index in [2.05, 4.69) is 16.0 Å². The Morgan fingerprint density at radius 2 is 1.77 bits per heavy atom. The standard InChI is InChI=1S/C17H24Cl2N4O3/c1-4-7-20-17(26)11(2)21-15(24)9-23(3)10-16(25)22-12-5-6-13(18)14(19)8-12/h5-6,8,11H,4,7,9-10H2,1-3H3,(H,20,26)(H,21,24)(H,22,25)/t11-/m0/s1. The van der Waals surface area contributed by atoms with Crippen molar-refractivity contribution in [1.82, 2.24) is 15.5 Å². The highest BCUT2D eigenvalue weighted by molar-refractivity contribution is 6.42. The number of hydrogen-bond donors (Lipinski definition) is 3. The Morgan fingerprint density at radius 1 is 1.12 bits per heavy atom. The molecule has 0 aliphatic heterocycles. The first kappa shape index (κ1) is 22.2. The average molecular weight is 403 g/mol. The molecule has 0 saturated heterocycles. The summed E-state index contributed by atoms with van der Waals surface area (Å²) in [6.45, 7) is 4.11. The van der Waals surface area contributed by atoms with Gasteiger partial charge < -0.3 is 16.0 Å². The van der Waals surface area contributed by atoms with Crippen molar-refractivity contribution >= 4 is 46.6 Å². The summed E-state index contributed by atoms with van der Waals surface area (Å²) in [6.07, 6.45) is 0.823. The van der Waals surface area contributed by atoms with Gasteiger partial charge in [0.05, 0.1) is 23.1 Å². The van der Waals surface area contributed by atoms with Crippen LogP contribution in [0.1, 0.15) is 20.3 Å². The molecular weight excluding hydrogens is 379 g/mol. The average Bonchev–Trinajstić information content (AvgIpc) is 2.55. The van der Waals surface area contributed by atoms with Gasteiger partial charge in [-0.1, -0.05) is 30.1 Å². The predicted molar refractivity (Wildman–Crippen MR) is 103 cm³/mol. The van der Waals surface area contributed by atoms with Crippen LogP contribution in [0.3, 0.4) is 0 Å². The van der Waals surface area contributed by atoms with E-state index in [-0.39, 0.29) is 30.8 Å². The van der Waals surface area contributed by atoms with Gasteiger partial charge in [0.25, 0.3) is 0 Å². The lowest BCUT2D eigenvalue weighted by molar-refractivity contribution is -0.129. The molecule has 0 saturated carbocycles. The Balaban J connectivity index is 2.41. The number of amides is 3. The number of likely N-dealkylation sites (N-methyl/N-ethyl adjacent to an activating group) is 1. The van der Waals surface area contributed by atoms with Crippen LogP contribution in [0.5, 0.6) is 0 Å². The smallest absolute Gasteiger partial charge is 0.242 e. The number of nitrogens with one attached hydrogen (secondary N) is 3. The molecule has 0 fully saturated rings. The second-order valence-electron chi connectivity index (χ2n) is 5.93. The minimum atomic E-state index is -0.632. The summed E-state index contributed by atoms with van der Waals surface area (Å²) < 4.78 is 0. The summed E-state index contributed by atoms with van der Waals surface area (Å²) in [6, 6.07) is 4.13. The van der Waals surface area contributed by atoms with Gasteiger partial charge in [-0.2, -0.15) is 0 Å². The molecule has 3 N–H and O–H groups in total. The van der Waals surface area contributed by atoms with Crippen LogP contribution in [0.4, 0.5) is 5.69 Å². The van der Waals surface area contributed by atoms with E-state index >= 15 is 0 Å². The normalized spacial score (nSPS) is 11.8. The van der Waals surface area contributed by atoms with Crippen molar-refractivity contribution in [3.8, 4) is 0 Å². The predicted octanol–water partition coefficient (Wildman–Crippen LogP) is 1.89. The number of nitrogens with zero attached hydrogens (tertiary/aromatic N) is 1. The maximum Gasteiger partial charge on any atom is 0.242 e. The lowest BCUT2D eigenvalue weighted by Gasteiger charge is -2.18. The number of carbonyl (C=O) groups is 3. The van der Waals surface area contributed by atoms with Gasteiger partial charge in [0.2, 0.25) is 17.7 Å². The quantitative estimate of drug-likeness (QED) is 0.588. The van der Waals surface area contributed by atoms with Crippen molar-refractivity contribution in [3.05, 3.63) is 28.2 Å². The summed E-state index contributed by atoms with van der Waals surface area (Å²) in [7, 11) is 1.63. The van der Waals surface area contributed by atoms with Crippen molar-refractivity contribution in [2.75, 3.05) is 32.0 Å². The van der Waals surface area contributed by atoms with E-state index in [9.17, 15) is 14.4 Å². The van der Waals surface area contributed by atoms with Crippen LogP contribution < -0.4 is 16.0 Å². The zero-order chi connectivity index (χ0) is 19.7. The van der Waals surface area contributed by atoms with E-state index < -0.39 is 6.04 Å². The molecule has 9 heteroatoms. The number of rotatable bonds is 9. The van der Waals surface area contributed by atoms with Gasteiger partial charge in [-0.3, -0.25) is 19.3 Å². The Bertz CT molecular complexity index is 655. The largest absolute Gasteiger partial charge is 0.354 e. The highest BCUT2D eigenvalue weighted by Crippen LogP contribution is 2.24. The zero-order valence-corrected chi connectivity index (χ0v) is 16.6. The minimum absolute atomic E-state index is 0.00405. The maximum atomic E-state index is 12.0. The van der Waals surface area contributed by atoms with Crippen LogP contribution >= 0.6 is 23.2 Å². The Kier molecular flexibility index (Phi) is 9.40. The number of hydrogen-bond acceptors (Lipinski definition) is 4. The molecule has 0 unspecified atom stereocenters. The third-order valence-electron chi connectivity index (χ3n) is 3.35. The van der Waals surface area contributed by atoms with E-state index in [0.717, 1.165) is 6.42 Å². The molecule has 7 nitrogen and oxygen atoms in total. The summed E-state index contributed by atoms with van der Waals surface area (Å²) in [5, 5.41) is 8.72. The van der Waals surface area contributed by atoms with E-state index in [1.807, 2.05) is 6.92 Å². The Morgan fingerprint density at radius 3 is 2.38 bits per heavy atom. The molecule has 0 aromatic heterocycles. The monoisotopic (exact) mass is 402 g/mol. The van der Waals surface area contributed by atoms with Crippen molar-refractivity contribution in [1.29, 1.82) is 0 Å². The molecule has 0 radical (unpaired) electrons. The first-order valence-corrected chi connectivity index (χ1v) is 8.99. The number of carbonyl (C=O) groups excluding carboxylic acids is 3. The molecular formula is C17H24Cl2N4O3. The molecule has 1 aromatic carbocycles. The SMILES string of the molecule is CCCNC(=O)[C@H](C)NC(=O)CN(C)CC(=O)Nc1ccc(Cl)c(Cl)c1. The zero-order valence-electron chi connectivity index (χ0n) is 15.1. The summed E-state index contributed by atoms with van der Waals surface area (Å²) >= 11 is 11.7. The Labute approximate surface area is 163 Å². The fourth-order valence-electron chi connectivity index (χ4n) is 2.07. The van der Waals surface area contributed by atoms with Crippen molar-refractivity contribution in [2.24, 2.45) is 0 Å². The van der Waals surface area contributed by atoms with Crippen molar-refractivity contribution < 1.29 is 14.4 Å². The van der Waals surface area contributed by atoms with Crippen LogP contribution in [0.15, 0.2) is 18.2 Å². The lowest BCUT2D eigenvalue weighted by atomic mass is 10.3. The molecule has 0 heterocycles. The first-order chi connectivity index (χ1) is 12.2. The van der Waals surface area contributed by atoms with Crippen molar-refractivity contribution in [2.45, 2.75) is 26.3 Å². The van der Waals surface area contributed by atoms with Gasteiger partial charge in [-0.15, -0.1) is 0 Å². The van der Waals surface area contributed by atoms with Gasteiger partial charge in [-0.05, 0) is 38.6 Å². The number of anilines is 1. The first-order valence-electron chi connectivity index (χ1n) is 8.23. The highest BCUT2D eigenvalue weighted by Gasteiger charge is 2.17. The molecule has 26 heavy (non-hydrogen) atoms. The molecule has 1 atom stereocenters. The third kappa shape index (κ3) is 8.03. The maximum absolute atomic E-state index is 12.0. The van der Waals surface area contributed by atoms with E-state index in [0.29, 0.717) is 22.3 Å². The summed E-state index contributed by atoms with van der Waals surface area (Å²) in [5.41, 5.74) is 0.517. The van der Waals surface area contributed by atoms with E-state index in [4.69, 9.17) is 23.2 Å². The lowest BCUT2D eigenvalue weighted by Crippen LogP contribution is -2.48. The van der Waals surface area contributed by atoms with Crippen molar-refractivity contribution in [3.63, 3.8) is 0 Å². The molecule has 1 aromatic rings. The molecule has 3 amide bonds. The van der Waals surface area contributed by atoms with Gasteiger partial charge in [0.1, 0.15) is 6.04 Å². The fraction of sp³-hybridized carbons (Fsp3) is 0.471. The van der Waals surface area contributed by atoms with E-state index in [1.54, 1.807) is 37.1 Å². The van der Waals surface area contributed by atoms with Gasteiger partial charge in [0.15, 0.2) is 0 Å². The Hall–Kier alpha value is -1.83. The molecule has 0 spiro atoms. The molecule has 0 bridgehead atoms. The topological polar surface area (TPSA) is 90.5 Å². The van der Waals surface area contributed by atoms with Crippen LogP contribution in [0, 0.1) is 0 Å². The fourth-order valence-corrected chi connectivity index (χ4v) is 2.37. The van der Waals surface area contributed by atoms with Crippen LogP contribution in [-0.2, 0) is 14.4 Å². The summed E-state index contributed by atoms with van der Waals surface area (Å²) in [5.74, 6) is -0.873. The summed E-state index contributed by atoms with van der Waals surface area (Å²) in [4.78, 5) is 37.3. The van der Waals surface area contributed by atoms with Crippen LogP contribution in [0.25, 0.3) is 0 Å². The molecule has 0 aliphatic carbocycles. The molecule has 0 aliphatic rings. The van der Waals surface area contributed by atoms with Crippen LogP contribution in [0.2, 0.25) is 10.0 Å². The number of benzene rings is 1. The minimum Gasteiger partial charge on any atom is -0.354 e. The van der Waals surface area contributed by atoms with Gasteiger partial charge in [-0.25, -0.2) is 0 Å². The van der Waals surface area contributed by atoms with E-state index in [1.165, 1.54) is 0 Å². The van der Waals surface area contributed by atoms with Crippen LogP contribution in [-0.4, -0.2) is 55.3 Å². The van der Waals surface area contributed by atoms with Gasteiger partial charge >= 0.3 is 0 Å². The molecule has 144 valence electrons.